The van der Waals surface area contributed by atoms with E-state index in [1.165, 1.54) is 0 Å². The Kier molecular flexibility index (Phi) is 7.97. The van der Waals surface area contributed by atoms with Gasteiger partial charge in [0.05, 0.1) is 11.0 Å². The predicted octanol–water partition coefficient (Wildman–Crippen LogP) is 0.870. The van der Waals surface area contributed by atoms with E-state index in [2.05, 4.69) is 11.8 Å². The van der Waals surface area contributed by atoms with Crippen LogP contribution in [0.2, 0.25) is 0 Å². The molecule has 0 rings (SSSR count). The van der Waals surface area contributed by atoms with E-state index < -0.39 is 9.84 Å². The van der Waals surface area contributed by atoms with E-state index in [4.69, 9.17) is 5.73 Å². The Morgan fingerprint density at radius 3 is 2.25 bits per heavy atom. The molecule has 0 atom stereocenters. The lowest BCUT2D eigenvalue weighted by Gasteiger charge is -2.21. The van der Waals surface area contributed by atoms with Crippen LogP contribution in [0.1, 0.15) is 33.6 Å². The van der Waals surface area contributed by atoms with Gasteiger partial charge in [-0.1, -0.05) is 13.3 Å². The van der Waals surface area contributed by atoms with Gasteiger partial charge in [-0.15, -0.1) is 0 Å². The zero-order chi connectivity index (χ0) is 12.6. The van der Waals surface area contributed by atoms with Gasteiger partial charge in [0, 0.05) is 19.6 Å². The molecule has 0 aromatic heterocycles. The predicted molar refractivity (Wildman–Crippen MR) is 69.3 cm³/mol. The monoisotopic (exact) mass is 250 g/mol. The maximum absolute atomic E-state index is 11.7. The molecule has 0 unspecified atom stereocenters. The second kappa shape index (κ2) is 8.03. The number of nitrogens with two attached hydrogens (primary N) is 1. The minimum absolute atomic E-state index is 0.244. The number of hydrogen-bond donors (Lipinski definition) is 1. The summed E-state index contributed by atoms with van der Waals surface area (Å²) in [6.45, 7) is 8.52. The van der Waals surface area contributed by atoms with Crippen LogP contribution >= 0.6 is 0 Å². The van der Waals surface area contributed by atoms with Crippen molar-refractivity contribution in [1.29, 1.82) is 0 Å². The van der Waals surface area contributed by atoms with Gasteiger partial charge in [-0.3, -0.25) is 0 Å². The van der Waals surface area contributed by atoms with Gasteiger partial charge in [-0.2, -0.15) is 0 Å². The highest BCUT2D eigenvalue weighted by atomic mass is 32.2. The van der Waals surface area contributed by atoms with Crippen molar-refractivity contribution < 1.29 is 8.42 Å². The van der Waals surface area contributed by atoms with Crippen LogP contribution in [0, 0.1) is 0 Å². The Hall–Kier alpha value is -0.130. The first-order valence-electron chi connectivity index (χ1n) is 6.08. The molecule has 0 saturated heterocycles. The van der Waals surface area contributed by atoms with Crippen LogP contribution in [-0.4, -0.2) is 50.5 Å². The topological polar surface area (TPSA) is 63.4 Å². The maximum Gasteiger partial charge on any atom is 0.153 e. The van der Waals surface area contributed by atoms with Gasteiger partial charge in [0.25, 0.3) is 0 Å². The van der Waals surface area contributed by atoms with Crippen LogP contribution in [0.4, 0.5) is 0 Å². The van der Waals surface area contributed by atoms with Crippen molar-refractivity contribution in [3.8, 4) is 0 Å². The van der Waals surface area contributed by atoms with E-state index in [-0.39, 0.29) is 11.0 Å². The van der Waals surface area contributed by atoms with Crippen molar-refractivity contribution in [1.82, 2.24) is 4.90 Å². The molecule has 0 heterocycles. The van der Waals surface area contributed by atoms with E-state index in [0.29, 0.717) is 13.1 Å². The molecule has 0 bridgehead atoms. The SMILES string of the molecule is CCCCN(CCN)CCS(=O)(=O)C(C)C. The summed E-state index contributed by atoms with van der Waals surface area (Å²) >= 11 is 0. The summed E-state index contributed by atoms with van der Waals surface area (Å²) in [5.41, 5.74) is 5.51. The molecule has 0 amide bonds. The van der Waals surface area contributed by atoms with Crippen molar-refractivity contribution in [3.63, 3.8) is 0 Å². The molecule has 0 aliphatic heterocycles. The summed E-state index contributed by atoms with van der Waals surface area (Å²) in [7, 11) is -2.92. The van der Waals surface area contributed by atoms with Gasteiger partial charge in [0.15, 0.2) is 9.84 Å². The summed E-state index contributed by atoms with van der Waals surface area (Å²) in [6, 6.07) is 0. The fraction of sp³-hybridized carbons (Fsp3) is 1.00. The largest absolute Gasteiger partial charge is 0.329 e. The van der Waals surface area contributed by atoms with E-state index in [9.17, 15) is 8.42 Å². The van der Waals surface area contributed by atoms with Gasteiger partial charge < -0.3 is 10.6 Å². The molecule has 0 saturated carbocycles. The van der Waals surface area contributed by atoms with E-state index in [1.54, 1.807) is 13.8 Å². The minimum Gasteiger partial charge on any atom is -0.329 e. The lowest BCUT2D eigenvalue weighted by atomic mass is 10.3. The summed E-state index contributed by atoms with van der Waals surface area (Å²) in [6.07, 6.45) is 2.22. The highest BCUT2D eigenvalue weighted by Gasteiger charge is 2.17. The summed E-state index contributed by atoms with van der Waals surface area (Å²) < 4.78 is 23.3. The van der Waals surface area contributed by atoms with Crippen LogP contribution in [0.15, 0.2) is 0 Å². The van der Waals surface area contributed by atoms with Crippen molar-refractivity contribution in [2.45, 2.75) is 38.9 Å². The molecule has 0 aliphatic rings. The Labute approximate surface area is 100 Å². The summed E-state index contributed by atoms with van der Waals surface area (Å²) in [5, 5.41) is -0.279. The zero-order valence-corrected chi connectivity index (χ0v) is 11.6. The third-order valence-corrected chi connectivity index (χ3v) is 4.87. The summed E-state index contributed by atoms with van der Waals surface area (Å²) in [4.78, 5) is 2.14. The average molecular weight is 250 g/mol. The second-order valence-electron chi connectivity index (χ2n) is 4.40. The number of rotatable bonds is 9. The molecule has 2 N–H and O–H groups in total. The molecule has 16 heavy (non-hydrogen) atoms. The van der Waals surface area contributed by atoms with E-state index >= 15 is 0 Å². The quantitative estimate of drug-likeness (QED) is 0.659. The third-order valence-electron chi connectivity index (χ3n) is 2.68. The van der Waals surface area contributed by atoms with Crippen LogP contribution < -0.4 is 5.73 Å². The smallest absolute Gasteiger partial charge is 0.153 e. The first-order valence-corrected chi connectivity index (χ1v) is 7.79. The molecule has 4 nitrogen and oxygen atoms in total. The molecule has 0 aromatic rings. The van der Waals surface area contributed by atoms with E-state index in [1.807, 2.05) is 0 Å². The lowest BCUT2D eigenvalue weighted by Crippen LogP contribution is -2.35. The Bertz CT molecular complexity index is 263. The third kappa shape index (κ3) is 6.45. The van der Waals surface area contributed by atoms with Crippen molar-refractivity contribution >= 4 is 9.84 Å². The van der Waals surface area contributed by atoms with Gasteiger partial charge >= 0.3 is 0 Å². The van der Waals surface area contributed by atoms with Crippen LogP contribution in [-0.2, 0) is 9.84 Å². The molecular formula is C11H26N2O2S. The molecule has 0 aliphatic carbocycles. The van der Waals surface area contributed by atoms with Crippen molar-refractivity contribution in [2.24, 2.45) is 5.73 Å². The van der Waals surface area contributed by atoms with Gasteiger partial charge in [-0.25, -0.2) is 8.42 Å². The number of unbranched alkanes of at least 4 members (excludes halogenated alkanes) is 1. The molecule has 0 fully saturated rings. The minimum atomic E-state index is -2.92. The molecule has 0 aromatic carbocycles. The first kappa shape index (κ1) is 15.9. The zero-order valence-electron chi connectivity index (χ0n) is 10.8. The van der Waals surface area contributed by atoms with Crippen LogP contribution in [0.5, 0.6) is 0 Å². The number of hydrogen-bond acceptors (Lipinski definition) is 4. The molecule has 5 heteroatoms. The van der Waals surface area contributed by atoms with E-state index in [0.717, 1.165) is 25.9 Å². The van der Waals surface area contributed by atoms with Gasteiger partial charge in [0.1, 0.15) is 0 Å². The highest BCUT2D eigenvalue weighted by Crippen LogP contribution is 2.02. The normalized spacial score (nSPS) is 12.6. The molecule has 0 spiro atoms. The second-order valence-corrected chi connectivity index (χ2v) is 7.08. The van der Waals surface area contributed by atoms with Gasteiger partial charge in [0.2, 0.25) is 0 Å². The highest BCUT2D eigenvalue weighted by molar-refractivity contribution is 7.92. The summed E-state index contributed by atoms with van der Waals surface area (Å²) in [5.74, 6) is 0.244. The van der Waals surface area contributed by atoms with Crippen molar-refractivity contribution in [3.05, 3.63) is 0 Å². The van der Waals surface area contributed by atoms with Crippen molar-refractivity contribution in [2.75, 3.05) is 31.9 Å². The van der Waals surface area contributed by atoms with Crippen LogP contribution in [0.25, 0.3) is 0 Å². The maximum atomic E-state index is 11.7. The Balaban J connectivity index is 4.10. The lowest BCUT2D eigenvalue weighted by molar-refractivity contribution is 0.292. The standard InChI is InChI=1S/C11H26N2O2S/c1-4-5-7-13(8-6-12)9-10-16(14,15)11(2)3/h11H,4-10,12H2,1-3H3. The Morgan fingerprint density at radius 2 is 1.81 bits per heavy atom. The number of sulfone groups is 1. The molecular weight excluding hydrogens is 224 g/mol. The molecule has 0 radical (unpaired) electrons. The number of nitrogens with zero attached hydrogens (tertiary/aromatic N) is 1. The first-order chi connectivity index (χ1) is 7.44. The Morgan fingerprint density at radius 1 is 1.19 bits per heavy atom. The van der Waals surface area contributed by atoms with Crippen LogP contribution in [0.3, 0.4) is 0 Å². The fourth-order valence-corrected chi connectivity index (χ4v) is 2.38. The average Bonchev–Trinajstić information content (AvgIpc) is 2.22. The van der Waals surface area contributed by atoms with Gasteiger partial charge in [-0.05, 0) is 26.8 Å². The fourth-order valence-electron chi connectivity index (χ4n) is 1.39. The molecule has 98 valence electrons.